The second-order valence-corrected chi connectivity index (χ2v) is 9.84. The lowest BCUT2D eigenvalue weighted by Gasteiger charge is -2.36. The van der Waals surface area contributed by atoms with Crippen LogP contribution in [-0.4, -0.2) is 39.5 Å². The number of amides is 2. The third-order valence-electron chi connectivity index (χ3n) is 7.70. The molecule has 2 fully saturated rings. The molecule has 0 spiro atoms. The number of nitrogens with one attached hydrogen (secondary N) is 1. The van der Waals surface area contributed by atoms with Crippen molar-refractivity contribution in [2.24, 2.45) is 11.7 Å². The van der Waals surface area contributed by atoms with Crippen LogP contribution < -0.4 is 16.0 Å². The van der Waals surface area contributed by atoms with E-state index >= 15 is 0 Å². The predicted octanol–water partition coefficient (Wildman–Crippen LogP) is 3.65. The standard InChI is InChI=1S/C28H32N4O4/c29-28(15-17-32(27(28)34)25(26(33)31-35)19-6-2-1-3-7-19)21-10-12-22(13-11-21)36-18-20-14-16-30-24-9-5-4-8-23(20)24/h4-5,8-14,16,19,25,35H,1-3,6-7,15,17-18,29H2,(H,31,33). The van der Waals surface area contributed by atoms with Gasteiger partial charge in [0.15, 0.2) is 0 Å². The number of fused-ring (bicyclic) bond motifs is 1. The number of hydrogen-bond acceptors (Lipinski definition) is 6. The Labute approximate surface area is 210 Å². The number of carbonyl (C=O) groups is 2. The average Bonchev–Trinajstić information content (AvgIpc) is 3.23. The van der Waals surface area contributed by atoms with Crippen LogP contribution in [0.1, 0.15) is 49.7 Å². The first-order chi connectivity index (χ1) is 17.5. The Hall–Kier alpha value is -3.49. The first-order valence-electron chi connectivity index (χ1n) is 12.6. The third-order valence-corrected chi connectivity index (χ3v) is 7.70. The molecule has 1 saturated carbocycles. The molecule has 2 heterocycles. The van der Waals surface area contributed by atoms with Crippen molar-refractivity contribution < 1.29 is 19.5 Å². The van der Waals surface area contributed by atoms with Crippen molar-refractivity contribution in [3.63, 3.8) is 0 Å². The number of hydroxylamine groups is 1. The van der Waals surface area contributed by atoms with Gasteiger partial charge in [-0.25, -0.2) is 5.48 Å². The van der Waals surface area contributed by atoms with Crippen molar-refractivity contribution in [3.05, 3.63) is 71.9 Å². The zero-order valence-corrected chi connectivity index (χ0v) is 20.2. The Kier molecular flexibility index (Phi) is 6.89. The molecular formula is C28H32N4O4. The summed E-state index contributed by atoms with van der Waals surface area (Å²) < 4.78 is 6.02. The molecule has 2 aliphatic rings. The molecule has 1 aliphatic carbocycles. The molecule has 188 valence electrons. The number of nitrogens with two attached hydrogens (primary N) is 1. The SMILES string of the molecule is NC1(c2ccc(OCc3ccnc4ccccc34)cc2)CCN(C(C(=O)NO)C2CCCCC2)C1=O. The van der Waals surface area contributed by atoms with Gasteiger partial charge >= 0.3 is 0 Å². The van der Waals surface area contributed by atoms with E-state index in [1.54, 1.807) is 16.6 Å². The van der Waals surface area contributed by atoms with Gasteiger partial charge in [0.05, 0.1) is 5.52 Å². The maximum Gasteiger partial charge on any atom is 0.266 e. The number of likely N-dealkylation sites (tertiary alicyclic amines) is 1. The maximum absolute atomic E-state index is 13.6. The molecule has 2 aromatic carbocycles. The highest BCUT2D eigenvalue weighted by Gasteiger charge is 2.50. The highest BCUT2D eigenvalue weighted by molar-refractivity contribution is 5.94. The van der Waals surface area contributed by atoms with E-state index in [9.17, 15) is 14.8 Å². The summed E-state index contributed by atoms with van der Waals surface area (Å²) in [4.78, 5) is 32.1. The van der Waals surface area contributed by atoms with Crippen molar-refractivity contribution in [1.29, 1.82) is 0 Å². The van der Waals surface area contributed by atoms with Gasteiger partial charge in [-0.1, -0.05) is 49.6 Å². The van der Waals surface area contributed by atoms with Crippen LogP contribution in [-0.2, 0) is 21.7 Å². The number of benzene rings is 2. The fourth-order valence-electron chi connectivity index (χ4n) is 5.71. The first kappa shape index (κ1) is 24.2. The van der Waals surface area contributed by atoms with E-state index < -0.39 is 17.5 Å². The zero-order valence-electron chi connectivity index (χ0n) is 20.2. The molecule has 1 saturated heterocycles. The summed E-state index contributed by atoms with van der Waals surface area (Å²) in [6, 6.07) is 16.5. The lowest BCUT2D eigenvalue weighted by Crippen LogP contribution is -2.55. The molecule has 4 N–H and O–H groups in total. The normalized spacial score (nSPS) is 21.5. The summed E-state index contributed by atoms with van der Waals surface area (Å²) in [5.74, 6) is -0.118. The van der Waals surface area contributed by atoms with Crippen LogP contribution in [0.5, 0.6) is 5.75 Å². The Balaban J connectivity index is 1.30. The molecule has 2 amide bonds. The monoisotopic (exact) mass is 488 g/mol. The van der Waals surface area contributed by atoms with E-state index in [0.29, 0.717) is 30.9 Å². The minimum Gasteiger partial charge on any atom is -0.489 e. The quantitative estimate of drug-likeness (QED) is 0.345. The number of para-hydroxylation sites is 1. The van der Waals surface area contributed by atoms with Crippen molar-refractivity contribution in [3.8, 4) is 5.75 Å². The number of pyridine rings is 1. The van der Waals surface area contributed by atoms with E-state index in [2.05, 4.69) is 4.98 Å². The molecule has 2 atom stereocenters. The van der Waals surface area contributed by atoms with Gasteiger partial charge in [-0.05, 0) is 55.0 Å². The van der Waals surface area contributed by atoms with Gasteiger partial charge in [-0.2, -0.15) is 0 Å². The molecule has 36 heavy (non-hydrogen) atoms. The van der Waals surface area contributed by atoms with Gasteiger partial charge in [-0.15, -0.1) is 0 Å². The molecule has 0 bridgehead atoms. The van der Waals surface area contributed by atoms with E-state index in [-0.39, 0.29) is 11.8 Å². The average molecular weight is 489 g/mol. The van der Waals surface area contributed by atoms with E-state index in [1.807, 2.05) is 54.6 Å². The summed E-state index contributed by atoms with van der Waals surface area (Å²) in [6.45, 7) is 0.763. The number of hydrogen-bond donors (Lipinski definition) is 3. The summed E-state index contributed by atoms with van der Waals surface area (Å²) in [5.41, 5.74) is 9.87. The lowest BCUT2D eigenvalue weighted by atomic mass is 9.82. The zero-order chi connectivity index (χ0) is 25.1. The molecule has 5 rings (SSSR count). The van der Waals surface area contributed by atoms with Crippen LogP contribution in [0, 0.1) is 5.92 Å². The van der Waals surface area contributed by atoms with Gasteiger partial charge in [0.25, 0.3) is 5.91 Å². The summed E-state index contributed by atoms with van der Waals surface area (Å²) in [6.07, 6.45) is 7.06. The van der Waals surface area contributed by atoms with Crippen molar-refractivity contribution in [2.75, 3.05) is 6.54 Å². The van der Waals surface area contributed by atoms with Crippen LogP contribution in [0.4, 0.5) is 0 Å². The highest BCUT2D eigenvalue weighted by atomic mass is 16.5. The summed E-state index contributed by atoms with van der Waals surface area (Å²) in [7, 11) is 0. The van der Waals surface area contributed by atoms with Crippen LogP contribution in [0.25, 0.3) is 10.9 Å². The Morgan fingerprint density at radius 3 is 2.64 bits per heavy atom. The minimum absolute atomic E-state index is 0.0252. The summed E-state index contributed by atoms with van der Waals surface area (Å²) in [5, 5.41) is 10.4. The number of rotatable bonds is 7. The molecule has 8 nitrogen and oxygen atoms in total. The smallest absolute Gasteiger partial charge is 0.266 e. The molecule has 1 aromatic heterocycles. The van der Waals surface area contributed by atoms with Crippen molar-refractivity contribution in [2.45, 2.75) is 56.7 Å². The Morgan fingerprint density at radius 1 is 1.14 bits per heavy atom. The number of ether oxygens (including phenoxy) is 1. The number of carbonyl (C=O) groups excluding carboxylic acids is 2. The topological polar surface area (TPSA) is 118 Å². The van der Waals surface area contributed by atoms with Gasteiger partial charge in [0.2, 0.25) is 5.91 Å². The van der Waals surface area contributed by atoms with Crippen LogP contribution in [0.2, 0.25) is 0 Å². The molecule has 2 unspecified atom stereocenters. The van der Waals surface area contributed by atoms with Crippen molar-refractivity contribution >= 4 is 22.7 Å². The number of aromatic nitrogens is 1. The fraction of sp³-hybridized carbons (Fsp3) is 0.393. The predicted molar refractivity (Wildman–Crippen MR) is 135 cm³/mol. The molecule has 0 radical (unpaired) electrons. The van der Waals surface area contributed by atoms with Crippen molar-refractivity contribution in [1.82, 2.24) is 15.4 Å². The lowest BCUT2D eigenvalue weighted by molar-refractivity contribution is -0.146. The number of nitrogens with zero attached hydrogens (tertiary/aromatic N) is 2. The Morgan fingerprint density at radius 2 is 1.89 bits per heavy atom. The van der Waals surface area contributed by atoms with Gasteiger partial charge in [0.1, 0.15) is 23.9 Å². The second kappa shape index (κ2) is 10.2. The van der Waals surface area contributed by atoms with E-state index in [4.69, 9.17) is 10.5 Å². The van der Waals surface area contributed by atoms with E-state index in [1.165, 1.54) is 0 Å². The largest absolute Gasteiger partial charge is 0.489 e. The second-order valence-electron chi connectivity index (χ2n) is 9.84. The van der Waals surface area contributed by atoms with Gasteiger partial charge < -0.3 is 15.4 Å². The maximum atomic E-state index is 13.6. The van der Waals surface area contributed by atoms with Crippen LogP contribution in [0.15, 0.2) is 60.8 Å². The van der Waals surface area contributed by atoms with E-state index in [0.717, 1.165) is 48.6 Å². The minimum atomic E-state index is -1.22. The Bertz CT molecular complexity index is 1240. The molecule has 1 aliphatic heterocycles. The highest BCUT2D eigenvalue weighted by Crippen LogP contribution is 2.37. The van der Waals surface area contributed by atoms with Crippen LogP contribution in [0.3, 0.4) is 0 Å². The van der Waals surface area contributed by atoms with Gasteiger partial charge in [0, 0.05) is 23.7 Å². The first-order valence-corrected chi connectivity index (χ1v) is 12.6. The molecule has 3 aromatic rings. The molecular weight excluding hydrogens is 456 g/mol. The van der Waals surface area contributed by atoms with Crippen LogP contribution >= 0.6 is 0 Å². The van der Waals surface area contributed by atoms with Gasteiger partial charge in [-0.3, -0.25) is 19.8 Å². The fourth-order valence-corrected chi connectivity index (χ4v) is 5.71. The third kappa shape index (κ3) is 4.54. The summed E-state index contributed by atoms with van der Waals surface area (Å²) >= 11 is 0. The molecule has 8 heteroatoms.